The van der Waals surface area contributed by atoms with Crippen molar-refractivity contribution in [3.05, 3.63) is 94.5 Å². The fraction of sp³-hybridized carbons (Fsp3) is 0.0833. The van der Waals surface area contributed by atoms with Crippen LogP contribution in [-0.2, 0) is 0 Å². The van der Waals surface area contributed by atoms with Crippen LogP contribution >= 0.6 is 27.7 Å². The predicted octanol–water partition coefficient (Wildman–Crippen LogP) is 5.76. The Morgan fingerprint density at radius 2 is 1.69 bits per heavy atom. The molecule has 0 saturated heterocycles. The third kappa shape index (κ3) is 3.76. The lowest BCUT2D eigenvalue weighted by molar-refractivity contribution is 0.0909. The first kappa shape index (κ1) is 20.7. The van der Waals surface area contributed by atoms with Crippen LogP contribution in [0.5, 0.6) is 5.88 Å². The van der Waals surface area contributed by atoms with Gasteiger partial charge in [-0.3, -0.25) is 9.69 Å². The van der Waals surface area contributed by atoms with Crippen LogP contribution in [0.4, 0.5) is 5.69 Å². The molecule has 1 atom stereocenters. The molecule has 1 amide bonds. The molecule has 5 rings (SSSR count). The number of benzene rings is 3. The van der Waals surface area contributed by atoms with Crippen LogP contribution in [0.2, 0.25) is 0 Å². The molecule has 3 aromatic carbocycles. The van der Waals surface area contributed by atoms with Gasteiger partial charge in [-0.05, 0) is 36.6 Å². The highest BCUT2D eigenvalue weighted by atomic mass is 79.9. The molecule has 0 radical (unpaired) electrons. The average Bonchev–Trinajstić information content (AvgIpc) is 2.99. The lowest BCUT2D eigenvalue weighted by Gasteiger charge is -2.31. The van der Waals surface area contributed by atoms with Gasteiger partial charge in [-0.2, -0.15) is 4.98 Å². The third-order valence-corrected chi connectivity index (χ3v) is 6.16. The van der Waals surface area contributed by atoms with E-state index in [9.17, 15) is 4.79 Å². The van der Waals surface area contributed by atoms with E-state index in [4.69, 9.17) is 4.74 Å². The van der Waals surface area contributed by atoms with E-state index >= 15 is 0 Å². The summed E-state index contributed by atoms with van der Waals surface area (Å²) in [5.74, 6) is 0.157. The van der Waals surface area contributed by atoms with Crippen LogP contribution in [0.25, 0.3) is 11.3 Å². The first-order valence-electron chi connectivity index (χ1n) is 9.84. The second kappa shape index (κ2) is 8.72. The van der Waals surface area contributed by atoms with Gasteiger partial charge in [0.1, 0.15) is 0 Å². The Morgan fingerprint density at radius 3 is 2.44 bits per heavy atom. The minimum absolute atomic E-state index is 0.183. The molecule has 0 aliphatic carbocycles. The summed E-state index contributed by atoms with van der Waals surface area (Å²) in [6, 6.07) is 24.5. The molecule has 32 heavy (non-hydrogen) atoms. The SMILES string of the molecule is CSc1nnc2c(n1)OC(c1ccc(Br)cc1)N(C(=O)c1ccccc1)c1ccccc1-2. The molecule has 158 valence electrons. The number of ether oxygens (including phenoxy) is 1. The molecule has 1 aliphatic heterocycles. The van der Waals surface area contributed by atoms with E-state index in [-0.39, 0.29) is 5.91 Å². The molecule has 1 aliphatic rings. The Balaban J connectivity index is 1.75. The minimum atomic E-state index is -0.746. The summed E-state index contributed by atoms with van der Waals surface area (Å²) >= 11 is 4.86. The van der Waals surface area contributed by atoms with Gasteiger partial charge in [0, 0.05) is 21.2 Å². The van der Waals surface area contributed by atoms with E-state index in [0.29, 0.717) is 28.0 Å². The van der Waals surface area contributed by atoms with E-state index in [1.165, 1.54) is 11.8 Å². The molecule has 1 unspecified atom stereocenters. The second-order valence-electron chi connectivity index (χ2n) is 7.03. The van der Waals surface area contributed by atoms with E-state index in [2.05, 4.69) is 31.1 Å². The molecule has 6 nitrogen and oxygen atoms in total. The summed E-state index contributed by atoms with van der Waals surface area (Å²) < 4.78 is 7.36. The van der Waals surface area contributed by atoms with Crippen LogP contribution in [0.3, 0.4) is 0 Å². The summed E-state index contributed by atoms with van der Waals surface area (Å²) in [7, 11) is 0. The number of aromatic nitrogens is 3. The van der Waals surface area contributed by atoms with Crippen molar-refractivity contribution in [3.8, 4) is 17.1 Å². The molecular formula is C24H17BrN4O2S. The number of nitrogens with zero attached hydrogens (tertiary/aromatic N) is 4. The van der Waals surface area contributed by atoms with Gasteiger partial charge in [-0.1, -0.05) is 76.2 Å². The van der Waals surface area contributed by atoms with Crippen LogP contribution in [-0.4, -0.2) is 27.3 Å². The topological polar surface area (TPSA) is 68.2 Å². The Labute approximate surface area is 197 Å². The zero-order valence-corrected chi connectivity index (χ0v) is 19.4. The number of halogens is 1. The van der Waals surface area contributed by atoms with Gasteiger partial charge in [0.15, 0.2) is 5.69 Å². The number of carbonyl (C=O) groups is 1. The monoisotopic (exact) mass is 504 g/mol. The lowest BCUT2D eigenvalue weighted by atomic mass is 10.1. The van der Waals surface area contributed by atoms with Crippen molar-refractivity contribution >= 4 is 39.3 Å². The number of hydrogen-bond donors (Lipinski definition) is 0. The standard InChI is InChI=1S/C24H17BrN4O2S/c1-32-24-26-21-20(27-28-24)18-9-5-6-10-19(18)29(22(30)15-7-3-2-4-8-15)23(31-21)16-11-13-17(25)14-12-16/h2-14,23H,1H3. The summed E-state index contributed by atoms with van der Waals surface area (Å²) in [6.07, 6.45) is 1.13. The molecule has 0 fully saturated rings. The molecule has 0 saturated carbocycles. The lowest BCUT2D eigenvalue weighted by Crippen LogP contribution is -2.37. The number of carbonyl (C=O) groups excluding carboxylic acids is 1. The molecule has 0 spiro atoms. The van der Waals surface area contributed by atoms with Crippen LogP contribution < -0.4 is 9.64 Å². The predicted molar refractivity (Wildman–Crippen MR) is 128 cm³/mol. The van der Waals surface area contributed by atoms with Crippen molar-refractivity contribution < 1.29 is 9.53 Å². The first-order chi connectivity index (χ1) is 15.7. The summed E-state index contributed by atoms with van der Waals surface area (Å²) in [4.78, 5) is 20.0. The maximum absolute atomic E-state index is 13.8. The summed E-state index contributed by atoms with van der Waals surface area (Å²) in [5.41, 5.74) is 3.29. The maximum Gasteiger partial charge on any atom is 0.261 e. The van der Waals surface area contributed by atoms with E-state index in [1.807, 2.05) is 73.0 Å². The highest BCUT2D eigenvalue weighted by Crippen LogP contribution is 2.43. The van der Waals surface area contributed by atoms with Gasteiger partial charge in [0.05, 0.1) is 5.69 Å². The van der Waals surface area contributed by atoms with Gasteiger partial charge in [-0.25, -0.2) is 0 Å². The number of thioether (sulfide) groups is 1. The van der Waals surface area contributed by atoms with Crippen LogP contribution in [0.15, 0.2) is 88.5 Å². The normalized spacial score (nSPS) is 14.7. The van der Waals surface area contributed by atoms with Crippen molar-refractivity contribution in [1.29, 1.82) is 0 Å². The molecule has 0 bridgehead atoms. The number of fused-ring (bicyclic) bond motifs is 3. The highest BCUT2D eigenvalue weighted by Gasteiger charge is 2.36. The van der Waals surface area contributed by atoms with Crippen molar-refractivity contribution in [2.24, 2.45) is 0 Å². The van der Waals surface area contributed by atoms with Crippen molar-refractivity contribution in [3.63, 3.8) is 0 Å². The highest BCUT2D eigenvalue weighted by molar-refractivity contribution is 9.10. The number of rotatable bonds is 3. The van der Waals surface area contributed by atoms with Crippen molar-refractivity contribution in [1.82, 2.24) is 15.2 Å². The number of amides is 1. The maximum atomic E-state index is 13.8. The Morgan fingerprint density at radius 1 is 0.969 bits per heavy atom. The molecular weight excluding hydrogens is 488 g/mol. The van der Waals surface area contributed by atoms with Crippen molar-refractivity contribution in [2.75, 3.05) is 11.2 Å². The molecule has 4 aromatic rings. The fourth-order valence-electron chi connectivity index (χ4n) is 3.58. The van der Waals surface area contributed by atoms with Gasteiger partial charge in [0.25, 0.3) is 5.91 Å². The van der Waals surface area contributed by atoms with Gasteiger partial charge in [0.2, 0.25) is 17.3 Å². The zero-order valence-electron chi connectivity index (χ0n) is 17.0. The molecule has 0 N–H and O–H groups in total. The Hall–Kier alpha value is -3.23. The quantitative estimate of drug-likeness (QED) is 0.330. The number of para-hydroxylation sites is 1. The number of hydrogen-bond acceptors (Lipinski definition) is 6. The zero-order chi connectivity index (χ0) is 22.1. The smallest absolute Gasteiger partial charge is 0.261 e. The Bertz CT molecular complexity index is 1280. The summed E-state index contributed by atoms with van der Waals surface area (Å²) in [6.45, 7) is 0. The minimum Gasteiger partial charge on any atom is -0.447 e. The molecule has 1 aromatic heterocycles. The van der Waals surface area contributed by atoms with Crippen LogP contribution in [0.1, 0.15) is 22.1 Å². The third-order valence-electron chi connectivity index (χ3n) is 5.09. The van der Waals surface area contributed by atoms with E-state index in [1.54, 1.807) is 17.0 Å². The largest absolute Gasteiger partial charge is 0.447 e. The van der Waals surface area contributed by atoms with Gasteiger partial charge < -0.3 is 4.74 Å². The van der Waals surface area contributed by atoms with Gasteiger partial charge in [-0.15, -0.1) is 10.2 Å². The van der Waals surface area contributed by atoms with Crippen LogP contribution in [0, 0.1) is 0 Å². The Kier molecular flexibility index (Phi) is 5.63. The summed E-state index contributed by atoms with van der Waals surface area (Å²) in [5, 5.41) is 9.10. The van der Waals surface area contributed by atoms with Gasteiger partial charge >= 0.3 is 0 Å². The van der Waals surface area contributed by atoms with Crippen molar-refractivity contribution in [2.45, 2.75) is 11.4 Å². The molecule has 8 heteroatoms. The average molecular weight is 505 g/mol. The molecule has 2 heterocycles. The first-order valence-corrected chi connectivity index (χ1v) is 11.9. The number of anilines is 1. The van der Waals surface area contributed by atoms with E-state index in [0.717, 1.165) is 15.6 Å². The second-order valence-corrected chi connectivity index (χ2v) is 8.72. The van der Waals surface area contributed by atoms with E-state index < -0.39 is 6.23 Å². The fourth-order valence-corrected chi connectivity index (χ4v) is 4.15.